The van der Waals surface area contributed by atoms with Crippen LogP contribution in [0, 0.1) is 6.92 Å². The second-order valence-corrected chi connectivity index (χ2v) is 7.24. The third-order valence-electron chi connectivity index (χ3n) is 5.28. The molecule has 144 valence electrons. The van der Waals surface area contributed by atoms with Gasteiger partial charge in [-0.3, -0.25) is 19.4 Å². The van der Waals surface area contributed by atoms with E-state index >= 15 is 0 Å². The number of piperidine rings is 1. The van der Waals surface area contributed by atoms with Gasteiger partial charge in [0.15, 0.2) is 5.82 Å². The molecule has 1 N–H and O–H groups in total. The lowest BCUT2D eigenvalue weighted by molar-refractivity contribution is -0.134. The number of carbonyl (C=O) groups is 2. The largest absolute Gasteiger partial charge is 0.360 e. The van der Waals surface area contributed by atoms with Gasteiger partial charge in [0.2, 0.25) is 11.8 Å². The molecule has 2 amide bonds. The summed E-state index contributed by atoms with van der Waals surface area (Å²) in [6.07, 6.45) is 3.48. The summed E-state index contributed by atoms with van der Waals surface area (Å²) < 4.78 is 4.97. The van der Waals surface area contributed by atoms with E-state index in [0.29, 0.717) is 18.1 Å². The molecule has 0 spiro atoms. The molecule has 0 aromatic carbocycles. The molecule has 3 heterocycles. The summed E-state index contributed by atoms with van der Waals surface area (Å²) in [5, 5.41) is 6.58. The van der Waals surface area contributed by atoms with Crippen molar-refractivity contribution in [1.29, 1.82) is 0 Å². The van der Waals surface area contributed by atoms with Crippen molar-refractivity contribution in [3.8, 4) is 0 Å². The molecule has 0 bridgehead atoms. The number of piperazine rings is 1. The second kappa shape index (κ2) is 8.64. The Morgan fingerprint density at radius 3 is 2.46 bits per heavy atom. The van der Waals surface area contributed by atoms with Crippen molar-refractivity contribution in [1.82, 2.24) is 19.9 Å². The van der Waals surface area contributed by atoms with Crippen LogP contribution in [0.3, 0.4) is 0 Å². The zero-order valence-electron chi connectivity index (χ0n) is 15.7. The van der Waals surface area contributed by atoms with E-state index in [-0.39, 0.29) is 17.9 Å². The predicted molar refractivity (Wildman–Crippen MR) is 97.8 cm³/mol. The fourth-order valence-electron chi connectivity index (χ4n) is 3.57. The topological polar surface area (TPSA) is 81.9 Å². The van der Waals surface area contributed by atoms with Crippen LogP contribution < -0.4 is 5.32 Å². The number of carbonyl (C=O) groups excluding carboxylic acids is 2. The average Bonchev–Trinajstić information content (AvgIpc) is 3.07. The standard InChI is InChI=1S/C18H29N5O3/c1-14-12-16(20-26-14)19-18(25)15(2)22-10-8-21(9-11-22)13-17(24)23-6-4-3-5-7-23/h12,15H,3-11,13H2,1-2H3,(H,19,20,25). The summed E-state index contributed by atoms with van der Waals surface area (Å²) in [4.78, 5) is 31.1. The Morgan fingerprint density at radius 2 is 1.85 bits per heavy atom. The fraction of sp³-hybridized carbons (Fsp3) is 0.722. The monoisotopic (exact) mass is 363 g/mol. The number of likely N-dealkylation sites (tertiary alicyclic amines) is 1. The lowest BCUT2D eigenvalue weighted by Crippen LogP contribution is -2.54. The minimum absolute atomic E-state index is 0.0869. The van der Waals surface area contributed by atoms with Crippen molar-refractivity contribution in [3.05, 3.63) is 11.8 Å². The molecule has 2 aliphatic heterocycles. The predicted octanol–water partition coefficient (Wildman–Crippen LogP) is 0.940. The zero-order valence-corrected chi connectivity index (χ0v) is 15.7. The Kier molecular flexibility index (Phi) is 6.26. The maximum atomic E-state index is 12.4. The molecule has 26 heavy (non-hydrogen) atoms. The molecule has 2 aliphatic rings. The van der Waals surface area contributed by atoms with E-state index < -0.39 is 0 Å². The minimum atomic E-state index is -0.244. The minimum Gasteiger partial charge on any atom is -0.360 e. The first-order chi connectivity index (χ1) is 12.5. The van der Waals surface area contributed by atoms with E-state index in [9.17, 15) is 9.59 Å². The molecule has 0 saturated carbocycles. The van der Waals surface area contributed by atoms with Gasteiger partial charge in [0.1, 0.15) is 5.76 Å². The van der Waals surface area contributed by atoms with Crippen molar-refractivity contribution in [2.24, 2.45) is 0 Å². The zero-order chi connectivity index (χ0) is 18.5. The molecule has 1 aromatic heterocycles. The molecule has 0 radical (unpaired) electrons. The first-order valence-corrected chi connectivity index (χ1v) is 9.51. The molecule has 8 heteroatoms. The number of nitrogens with zero attached hydrogens (tertiary/aromatic N) is 4. The highest BCUT2D eigenvalue weighted by Gasteiger charge is 2.27. The fourth-order valence-corrected chi connectivity index (χ4v) is 3.57. The van der Waals surface area contributed by atoms with Crippen LogP contribution in [0.1, 0.15) is 31.9 Å². The summed E-state index contributed by atoms with van der Waals surface area (Å²) in [5.74, 6) is 1.27. The summed E-state index contributed by atoms with van der Waals surface area (Å²) in [6.45, 7) is 9.15. The van der Waals surface area contributed by atoms with Crippen molar-refractivity contribution >= 4 is 17.6 Å². The number of nitrogens with one attached hydrogen (secondary N) is 1. The van der Waals surface area contributed by atoms with Crippen molar-refractivity contribution in [3.63, 3.8) is 0 Å². The van der Waals surface area contributed by atoms with E-state index in [1.165, 1.54) is 6.42 Å². The van der Waals surface area contributed by atoms with Gasteiger partial charge in [0.05, 0.1) is 12.6 Å². The molecular formula is C18H29N5O3. The quantitative estimate of drug-likeness (QED) is 0.838. The summed E-state index contributed by atoms with van der Waals surface area (Å²) in [6, 6.07) is 1.46. The number of aromatic nitrogens is 1. The SMILES string of the molecule is Cc1cc(NC(=O)C(C)N2CCN(CC(=O)N3CCCCC3)CC2)no1. The first kappa shape index (κ1) is 18.8. The van der Waals surface area contributed by atoms with Gasteiger partial charge in [-0.05, 0) is 33.1 Å². The highest BCUT2D eigenvalue weighted by Crippen LogP contribution is 2.13. The van der Waals surface area contributed by atoms with Crippen molar-refractivity contribution in [2.45, 2.75) is 39.2 Å². The molecule has 0 aliphatic carbocycles. The van der Waals surface area contributed by atoms with Crippen LogP contribution in [0.4, 0.5) is 5.82 Å². The molecule has 1 aromatic rings. The summed E-state index contributed by atoms with van der Waals surface area (Å²) in [5.41, 5.74) is 0. The van der Waals surface area contributed by atoms with Gasteiger partial charge in [0.25, 0.3) is 0 Å². The van der Waals surface area contributed by atoms with E-state index in [1.54, 1.807) is 13.0 Å². The third kappa shape index (κ3) is 4.82. The van der Waals surface area contributed by atoms with Crippen LogP contribution in [0.5, 0.6) is 0 Å². The number of aryl methyl sites for hydroxylation is 1. The molecular weight excluding hydrogens is 334 g/mol. The average molecular weight is 363 g/mol. The number of hydrogen-bond acceptors (Lipinski definition) is 6. The molecule has 2 fully saturated rings. The van der Waals surface area contributed by atoms with Crippen molar-refractivity contribution in [2.75, 3.05) is 51.1 Å². The smallest absolute Gasteiger partial charge is 0.242 e. The Hall–Kier alpha value is -1.93. The highest BCUT2D eigenvalue weighted by atomic mass is 16.5. The normalized spacial score (nSPS) is 20.8. The Morgan fingerprint density at radius 1 is 1.15 bits per heavy atom. The van der Waals surface area contributed by atoms with Gasteiger partial charge in [0, 0.05) is 45.3 Å². The van der Waals surface area contributed by atoms with Gasteiger partial charge in [-0.1, -0.05) is 5.16 Å². The van der Waals surface area contributed by atoms with Crippen LogP contribution in [0.15, 0.2) is 10.6 Å². The highest BCUT2D eigenvalue weighted by molar-refractivity contribution is 5.93. The number of rotatable bonds is 5. The van der Waals surface area contributed by atoms with Gasteiger partial charge >= 0.3 is 0 Å². The lowest BCUT2D eigenvalue weighted by Gasteiger charge is -2.38. The van der Waals surface area contributed by atoms with Gasteiger partial charge in [-0.2, -0.15) is 0 Å². The van der Waals surface area contributed by atoms with Gasteiger partial charge < -0.3 is 14.7 Å². The Bertz CT molecular complexity index is 618. The molecule has 2 saturated heterocycles. The van der Waals surface area contributed by atoms with E-state index in [4.69, 9.17) is 4.52 Å². The lowest BCUT2D eigenvalue weighted by atomic mass is 10.1. The van der Waals surface area contributed by atoms with Crippen LogP contribution in [-0.4, -0.2) is 83.5 Å². The van der Waals surface area contributed by atoms with Gasteiger partial charge in [-0.25, -0.2) is 0 Å². The second-order valence-electron chi connectivity index (χ2n) is 7.24. The molecule has 1 unspecified atom stereocenters. The summed E-state index contributed by atoms with van der Waals surface area (Å²) in [7, 11) is 0. The van der Waals surface area contributed by atoms with Crippen LogP contribution in [0.2, 0.25) is 0 Å². The third-order valence-corrected chi connectivity index (χ3v) is 5.28. The number of anilines is 1. The van der Waals surface area contributed by atoms with Gasteiger partial charge in [-0.15, -0.1) is 0 Å². The first-order valence-electron chi connectivity index (χ1n) is 9.51. The molecule has 1 atom stereocenters. The molecule has 3 rings (SSSR count). The number of hydrogen-bond donors (Lipinski definition) is 1. The summed E-state index contributed by atoms with van der Waals surface area (Å²) >= 11 is 0. The van der Waals surface area contributed by atoms with Crippen molar-refractivity contribution < 1.29 is 14.1 Å². The Labute approximate surface area is 154 Å². The number of amides is 2. The molecule has 8 nitrogen and oxygen atoms in total. The maximum Gasteiger partial charge on any atom is 0.242 e. The Balaban J connectivity index is 1.42. The van der Waals surface area contributed by atoms with E-state index in [0.717, 1.165) is 52.1 Å². The van der Waals surface area contributed by atoms with Crippen LogP contribution in [-0.2, 0) is 9.59 Å². The maximum absolute atomic E-state index is 12.4. The van der Waals surface area contributed by atoms with Crippen LogP contribution in [0.25, 0.3) is 0 Å². The van der Waals surface area contributed by atoms with E-state index in [2.05, 4.69) is 20.3 Å². The van der Waals surface area contributed by atoms with E-state index in [1.807, 2.05) is 11.8 Å². The van der Waals surface area contributed by atoms with Crippen LogP contribution >= 0.6 is 0 Å².